The molecule has 2 aromatic rings. The van der Waals surface area contributed by atoms with E-state index in [-0.39, 0.29) is 62.8 Å². The second kappa shape index (κ2) is 16.8. The van der Waals surface area contributed by atoms with Gasteiger partial charge in [-0.3, -0.25) is 39.1 Å². The molecule has 41 heavy (non-hydrogen) atoms. The number of nitrogens with zero attached hydrogens (tertiary/aromatic N) is 3. The van der Waals surface area contributed by atoms with Gasteiger partial charge in [0.25, 0.3) is 11.5 Å². The maximum absolute atomic E-state index is 12.8. The first kappa shape index (κ1) is 32.1. The fraction of sp³-hybridized carbons (Fsp3) is 0.385. The zero-order valence-corrected chi connectivity index (χ0v) is 22.7. The van der Waals surface area contributed by atoms with Crippen LogP contribution in [0.5, 0.6) is 0 Å². The zero-order valence-electron chi connectivity index (χ0n) is 22.7. The Kier molecular flexibility index (Phi) is 13.2. The summed E-state index contributed by atoms with van der Waals surface area (Å²) in [4.78, 5) is 91.4. The van der Waals surface area contributed by atoms with Crippen molar-refractivity contribution in [1.29, 1.82) is 0 Å². The van der Waals surface area contributed by atoms with Crippen LogP contribution in [0.15, 0.2) is 35.3 Å². The van der Waals surface area contributed by atoms with Crippen LogP contribution in [0.4, 0.5) is 17.3 Å². The molecule has 1 heterocycles. The highest BCUT2D eigenvalue weighted by atomic mass is 16.5. The number of rotatable bonds is 18. The van der Waals surface area contributed by atoms with Crippen LogP contribution < -0.4 is 26.0 Å². The summed E-state index contributed by atoms with van der Waals surface area (Å²) in [5, 5.41) is 4.76. The second-order valence-electron chi connectivity index (χ2n) is 8.33. The van der Waals surface area contributed by atoms with Gasteiger partial charge in [0.05, 0.1) is 19.4 Å². The van der Waals surface area contributed by atoms with E-state index in [4.69, 9.17) is 9.47 Å². The molecule has 220 valence electrons. The number of esters is 2. The van der Waals surface area contributed by atoms with E-state index in [1.165, 1.54) is 29.2 Å². The van der Waals surface area contributed by atoms with E-state index < -0.39 is 29.4 Å². The molecule has 0 bridgehead atoms. The van der Waals surface area contributed by atoms with Gasteiger partial charge in [0, 0.05) is 30.8 Å². The summed E-state index contributed by atoms with van der Waals surface area (Å²) in [5.74, 6) is -1.83. The van der Waals surface area contributed by atoms with E-state index in [0.717, 1.165) is 11.1 Å². The average Bonchev–Trinajstić information content (AvgIpc) is 2.96. The van der Waals surface area contributed by atoms with Crippen molar-refractivity contribution < 1.29 is 38.2 Å². The van der Waals surface area contributed by atoms with Crippen LogP contribution in [0.3, 0.4) is 0 Å². The maximum Gasteiger partial charge on any atom is 0.328 e. The predicted octanol–water partition coefficient (Wildman–Crippen LogP) is 0.359. The van der Waals surface area contributed by atoms with Crippen molar-refractivity contribution >= 4 is 54.4 Å². The number of ether oxygens (including phenoxy) is 2. The molecular formula is C26H32N6O9. The highest BCUT2D eigenvalue weighted by molar-refractivity contribution is 5.97. The highest BCUT2D eigenvalue weighted by Crippen LogP contribution is 2.16. The summed E-state index contributed by atoms with van der Waals surface area (Å²) < 4.78 is 9.86. The van der Waals surface area contributed by atoms with Crippen LogP contribution in [-0.2, 0) is 33.4 Å². The van der Waals surface area contributed by atoms with Crippen molar-refractivity contribution in [3.63, 3.8) is 0 Å². The maximum atomic E-state index is 12.8. The molecule has 0 radical (unpaired) electrons. The molecule has 0 aliphatic rings. The Bertz CT molecular complexity index is 1260. The summed E-state index contributed by atoms with van der Waals surface area (Å²) in [6.45, 7) is 3.84. The molecule has 0 spiro atoms. The molecule has 15 heteroatoms. The SMILES string of the molecule is CCOC(=O)CCC(NC(=O)c1ccc(N(C=O)CCCN(C=O)c2cnc(NC=O)[nH]c2=O)cc1)C(=O)OCC. The van der Waals surface area contributed by atoms with Gasteiger partial charge in [-0.1, -0.05) is 0 Å². The van der Waals surface area contributed by atoms with Crippen LogP contribution in [0, 0.1) is 0 Å². The number of carbonyl (C=O) groups is 6. The van der Waals surface area contributed by atoms with Crippen LogP contribution in [-0.4, -0.2) is 79.4 Å². The lowest BCUT2D eigenvalue weighted by Crippen LogP contribution is -2.42. The Balaban J connectivity index is 2.01. The van der Waals surface area contributed by atoms with Crippen molar-refractivity contribution in [2.24, 2.45) is 0 Å². The van der Waals surface area contributed by atoms with Crippen molar-refractivity contribution in [2.75, 3.05) is 41.4 Å². The molecule has 1 aromatic heterocycles. The number of hydrogen-bond acceptors (Lipinski definition) is 10. The number of anilines is 3. The van der Waals surface area contributed by atoms with E-state index in [2.05, 4.69) is 20.6 Å². The molecule has 15 nitrogen and oxygen atoms in total. The first-order chi connectivity index (χ1) is 19.8. The van der Waals surface area contributed by atoms with E-state index in [9.17, 15) is 33.6 Å². The quantitative estimate of drug-likeness (QED) is 0.166. The predicted molar refractivity (Wildman–Crippen MR) is 146 cm³/mol. The summed E-state index contributed by atoms with van der Waals surface area (Å²) in [5.41, 5.74) is -0.00448. The molecule has 1 atom stereocenters. The lowest BCUT2D eigenvalue weighted by atomic mass is 10.1. The Labute approximate surface area is 235 Å². The smallest absolute Gasteiger partial charge is 0.328 e. The fourth-order valence-corrected chi connectivity index (χ4v) is 3.64. The van der Waals surface area contributed by atoms with Gasteiger partial charge in [-0.15, -0.1) is 0 Å². The standard InChI is InChI=1S/C26H32N6O9/c1-3-40-22(36)11-10-20(25(39)41-4-2)29-23(37)18-6-8-19(9-7-18)31(16-34)12-5-13-32(17-35)21-14-27-26(28-15-33)30-24(21)38/h6-9,14-17,20H,3-5,10-13H2,1-2H3,(H,29,37)(H2,27,28,30,33,38). The Hall–Kier alpha value is -5.08. The summed E-state index contributed by atoms with van der Waals surface area (Å²) >= 11 is 0. The summed E-state index contributed by atoms with van der Waals surface area (Å²) in [6.07, 6.45) is 2.73. The molecule has 3 N–H and O–H groups in total. The van der Waals surface area contributed by atoms with Crippen molar-refractivity contribution in [1.82, 2.24) is 15.3 Å². The van der Waals surface area contributed by atoms with Crippen molar-refractivity contribution in [2.45, 2.75) is 39.2 Å². The molecule has 1 unspecified atom stereocenters. The van der Waals surface area contributed by atoms with Gasteiger partial charge in [-0.05, 0) is 51.0 Å². The largest absolute Gasteiger partial charge is 0.466 e. The first-order valence-electron chi connectivity index (χ1n) is 12.7. The molecule has 0 saturated carbocycles. The Morgan fingerprint density at radius 2 is 1.66 bits per heavy atom. The van der Waals surface area contributed by atoms with Gasteiger partial charge in [0.15, 0.2) is 0 Å². The minimum Gasteiger partial charge on any atom is -0.466 e. The fourth-order valence-electron chi connectivity index (χ4n) is 3.64. The van der Waals surface area contributed by atoms with Crippen molar-refractivity contribution in [3.8, 4) is 0 Å². The molecular weight excluding hydrogens is 540 g/mol. The van der Waals surface area contributed by atoms with Gasteiger partial charge >= 0.3 is 11.9 Å². The third-order valence-corrected chi connectivity index (χ3v) is 5.62. The molecule has 0 aliphatic carbocycles. The number of aromatic nitrogens is 2. The van der Waals surface area contributed by atoms with E-state index in [1.807, 2.05) is 0 Å². The minimum absolute atomic E-state index is 0.0000756. The minimum atomic E-state index is -1.06. The van der Waals surface area contributed by atoms with Gasteiger partial charge in [-0.2, -0.15) is 0 Å². The number of amides is 4. The van der Waals surface area contributed by atoms with Crippen LogP contribution in [0.2, 0.25) is 0 Å². The average molecular weight is 573 g/mol. The molecule has 1 aromatic carbocycles. The Morgan fingerprint density at radius 1 is 1.00 bits per heavy atom. The normalized spacial score (nSPS) is 11.0. The molecule has 0 aliphatic heterocycles. The number of nitrogens with one attached hydrogen (secondary N) is 3. The number of carbonyl (C=O) groups excluding carboxylic acids is 6. The monoisotopic (exact) mass is 572 g/mol. The van der Waals surface area contributed by atoms with Gasteiger partial charge in [0.1, 0.15) is 11.7 Å². The second-order valence-corrected chi connectivity index (χ2v) is 8.33. The van der Waals surface area contributed by atoms with Gasteiger partial charge < -0.3 is 24.6 Å². The lowest BCUT2D eigenvalue weighted by Gasteiger charge is -2.21. The summed E-state index contributed by atoms with van der Waals surface area (Å²) in [7, 11) is 0. The Morgan fingerprint density at radius 3 is 2.24 bits per heavy atom. The molecule has 2 rings (SSSR count). The topological polar surface area (TPSA) is 197 Å². The van der Waals surface area contributed by atoms with Crippen LogP contribution in [0.25, 0.3) is 0 Å². The first-order valence-corrected chi connectivity index (χ1v) is 12.7. The van der Waals surface area contributed by atoms with E-state index in [0.29, 0.717) is 24.9 Å². The van der Waals surface area contributed by atoms with Crippen molar-refractivity contribution in [3.05, 3.63) is 46.4 Å². The van der Waals surface area contributed by atoms with Gasteiger partial charge in [0.2, 0.25) is 25.2 Å². The third kappa shape index (κ3) is 9.87. The van der Waals surface area contributed by atoms with E-state index in [1.54, 1.807) is 13.8 Å². The van der Waals surface area contributed by atoms with Crippen LogP contribution >= 0.6 is 0 Å². The van der Waals surface area contributed by atoms with E-state index >= 15 is 0 Å². The zero-order chi connectivity index (χ0) is 30.2. The number of H-pyrrole nitrogens is 1. The molecule has 0 saturated heterocycles. The molecule has 4 amide bonds. The number of hydrogen-bond donors (Lipinski definition) is 3. The summed E-state index contributed by atoms with van der Waals surface area (Å²) in [6, 6.07) is 4.94. The third-order valence-electron chi connectivity index (χ3n) is 5.62. The van der Waals surface area contributed by atoms with Gasteiger partial charge in [-0.25, -0.2) is 9.78 Å². The number of aromatic amines is 1. The number of benzene rings is 1. The highest BCUT2D eigenvalue weighted by Gasteiger charge is 2.24. The lowest BCUT2D eigenvalue weighted by molar-refractivity contribution is -0.147. The molecule has 0 fully saturated rings. The van der Waals surface area contributed by atoms with Crippen LogP contribution in [0.1, 0.15) is 43.5 Å².